The molecule has 0 radical (unpaired) electrons. The SMILES string of the molecule is CC(C)COc1ccc(Br)cc1C(=O)NNC(=O)c1cccc([N+](=O)[O-])c1. The molecule has 8 nitrogen and oxygen atoms in total. The van der Waals surface area contributed by atoms with E-state index in [1.165, 1.54) is 18.2 Å². The van der Waals surface area contributed by atoms with E-state index in [1.807, 2.05) is 13.8 Å². The Hall–Kier alpha value is -2.94. The Morgan fingerprint density at radius 1 is 1.15 bits per heavy atom. The van der Waals surface area contributed by atoms with E-state index in [4.69, 9.17) is 4.74 Å². The van der Waals surface area contributed by atoms with Crippen molar-refractivity contribution in [3.63, 3.8) is 0 Å². The number of halogens is 1. The fraction of sp³-hybridized carbons (Fsp3) is 0.222. The van der Waals surface area contributed by atoms with Gasteiger partial charge in [-0.2, -0.15) is 0 Å². The number of nitro groups is 1. The van der Waals surface area contributed by atoms with Crippen molar-refractivity contribution < 1.29 is 19.2 Å². The Morgan fingerprint density at radius 2 is 1.85 bits per heavy atom. The smallest absolute Gasteiger partial charge is 0.273 e. The van der Waals surface area contributed by atoms with E-state index >= 15 is 0 Å². The number of non-ortho nitro benzene ring substituents is 1. The van der Waals surface area contributed by atoms with Gasteiger partial charge in [-0.1, -0.05) is 35.8 Å². The van der Waals surface area contributed by atoms with Crippen molar-refractivity contribution in [2.45, 2.75) is 13.8 Å². The van der Waals surface area contributed by atoms with Crippen LogP contribution in [0.4, 0.5) is 5.69 Å². The summed E-state index contributed by atoms with van der Waals surface area (Å²) < 4.78 is 6.31. The first-order chi connectivity index (χ1) is 12.8. The van der Waals surface area contributed by atoms with E-state index in [9.17, 15) is 19.7 Å². The lowest BCUT2D eigenvalue weighted by Crippen LogP contribution is -2.41. The summed E-state index contributed by atoms with van der Waals surface area (Å²) in [4.78, 5) is 34.8. The molecule has 0 saturated carbocycles. The first kappa shape index (κ1) is 20.4. The summed E-state index contributed by atoms with van der Waals surface area (Å²) in [5.41, 5.74) is 4.61. The normalized spacial score (nSPS) is 10.4. The van der Waals surface area contributed by atoms with Crippen LogP contribution in [0.5, 0.6) is 5.75 Å². The molecule has 2 rings (SSSR count). The van der Waals surface area contributed by atoms with Crippen LogP contribution in [0.1, 0.15) is 34.6 Å². The summed E-state index contributed by atoms with van der Waals surface area (Å²) in [6.45, 7) is 4.40. The zero-order valence-corrected chi connectivity index (χ0v) is 16.3. The summed E-state index contributed by atoms with van der Waals surface area (Å²) in [6.07, 6.45) is 0. The highest BCUT2D eigenvalue weighted by atomic mass is 79.9. The molecule has 2 N–H and O–H groups in total. The van der Waals surface area contributed by atoms with Crippen molar-refractivity contribution >= 4 is 33.4 Å². The van der Waals surface area contributed by atoms with Crippen molar-refractivity contribution in [1.29, 1.82) is 0 Å². The molecule has 0 aromatic heterocycles. The molecule has 2 aromatic rings. The van der Waals surface area contributed by atoms with Crippen LogP contribution in [0, 0.1) is 16.0 Å². The molecule has 0 heterocycles. The van der Waals surface area contributed by atoms with Crippen molar-refractivity contribution in [2.24, 2.45) is 5.92 Å². The molecule has 0 fully saturated rings. The number of nitrogens with zero attached hydrogens (tertiary/aromatic N) is 1. The van der Waals surface area contributed by atoms with Gasteiger partial charge in [-0.25, -0.2) is 0 Å². The number of benzene rings is 2. The standard InChI is InChI=1S/C18H18BrN3O5/c1-11(2)10-27-16-7-6-13(19)9-15(16)18(24)21-20-17(23)12-4-3-5-14(8-12)22(25)26/h3-9,11H,10H2,1-2H3,(H,20,23)(H,21,24). The molecule has 0 bridgehead atoms. The predicted molar refractivity (Wildman–Crippen MR) is 103 cm³/mol. The quantitative estimate of drug-likeness (QED) is 0.532. The molecule has 2 aromatic carbocycles. The highest BCUT2D eigenvalue weighted by Gasteiger charge is 2.16. The first-order valence-electron chi connectivity index (χ1n) is 8.05. The van der Waals surface area contributed by atoms with Gasteiger partial charge in [0.05, 0.1) is 17.1 Å². The monoisotopic (exact) mass is 435 g/mol. The largest absolute Gasteiger partial charge is 0.492 e. The van der Waals surface area contributed by atoms with Crippen LogP contribution in [0.2, 0.25) is 0 Å². The van der Waals surface area contributed by atoms with Gasteiger partial charge in [0.15, 0.2) is 0 Å². The summed E-state index contributed by atoms with van der Waals surface area (Å²) in [5.74, 6) is -0.590. The van der Waals surface area contributed by atoms with E-state index < -0.39 is 16.7 Å². The number of hydrazine groups is 1. The number of hydrogen-bond acceptors (Lipinski definition) is 5. The Labute approximate surface area is 164 Å². The molecule has 0 atom stereocenters. The second kappa shape index (κ2) is 9.13. The van der Waals surface area contributed by atoms with Crippen LogP contribution in [0.15, 0.2) is 46.9 Å². The molecule has 9 heteroatoms. The number of hydrogen-bond donors (Lipinski definition) is 2. The second-order valence-electron chi connectivity index (χ2n) is 6.06. The van der Waals surface area contributed by atoms with Gasteiger partial charge in [-0.3, -0.25) is 30.6 Å². The maximum absolute atomic E-state index is 12.4. The average Bonchev–Trinajstić information content (AvgIpc) is 2.64. The molecule has 0 aliphatic rings. The third kappa shape index (κ3) is 5.78. The molecule has 0 unspecified atom stereocenters. The number of rotatable bonds is 6. The van der Waals surface area contributed by atoms with Crippen LogP contribution in [-0.4, -0.2) is 23.3 Å². The van der Waals surface area contributed by atoms with E-state index in [2.05, 4.69) is 26.8 Å². The minimum atomic E-state index is -0.674. The minimum absolute atomic E-state index is 0.0509. The van der Waals surface area contributed by atoms with Crippen LogP contribution in [0.25, 0.3) is 0 Å². The lowest BCUT2D eigenvalue weighted by Gasteiger charge is -2.14. The summed E-state index contributed by atoms with van der Waals surface area (Å²) in [6, 6.07) is 10.2. The summed E-state index contributed by atoms with van der Waals surface area (Å²) >= 11 is 3.30. The molecule has 0 saturated heterocycles. The number of nitrogens with one attached hydrogen (secondary N) is 2. The molecule has 0 aliphatic carbocycles. The van der Waals surface area contributed by atoms with Gasteiger partial charge in [0.2, 0.25) is 0 Å². The van der Waals surface area contributed by atoms with Gasteiger partial charge in [-0.15, -0.1) is 0 Å². The molecule has 0 spiro atoms. The van der Waals surface area contributed by atoms with E-state index in [-0.39, 0.29) is 22.7 Å². The number of carbonyl (C=O) groups is 2. The van der Waals surface area contributed by atoms with Crippen LogP contribution in [0.3, 0.4) is 0 Å². The van der Waals surface area contributed by atoms with Crippen molar-refractivity contribution in [2.75, 3.05) is 6.61 Å². The molecule has 27 heavy (non-hydrogen) atoms. The Kier molecular flexibility index (Phi) is 6.89. The van der Waals surface area contributed by atoms with Gasteiger partial charge < -0.3 is 4.74 Å². The lowest BCUT2D eigenvalue weighted by molar-refractivity contribution is -0.384. The van der Waals surface area contributed by atoms with Gasteiger partial charge in [0, 0.05) is 22.2 Å². The molecule has 0 aliphatic heterocycles. The number of amides is 2. The van der Waals surface area contributed by atoms with Gasteiger partial charge in [0.1, 0.15) is 5.75 Å². The predicted octanol–water partition coefficient (Wildman–Crippen LogP) is 3.47. The van der Waals surface area contributed by atoms with E-state index in [1.54, 1.807) is 18.2 Å². The minimum Gasteiger partial charge on any atom is -0.492 e. The zero-order valence-electron chi connectivity index (χ0n) is 14.7. The summed E-state index contributed by atoms with van der Waals surface area (Å²) in [7, 11) is 0. The Bertz CT molecular complexity index is 870. The van der Waals surface area contributed by atoms with Gasteiger partial charge >= 0.3 is 0 Å². The maximum atomic E-state index is 12.4. The fourth-order valence-corrected chi connectivity index (χ4v) is 2.44. The topological polar surface area (TPSA) is 111 Å². The van der Waals surface area contributed by atoms with Crippen LogP contribution < -0.4 is 15.6 Å². The Balaban J connectivity index is 2.09. The van der Waals surface area contributed by atoms with Crippen LogP contribution >= 0.6 is 15.9 Å². The summed E-state index contributed by atoms with van der Waals surface area (Å²) in [5, 5.41) is 10.8. The zero-order chi connectivity index (χ0) is 20.0. The Morgan fingerprint density at radius 3 is 2.52 bits per heavy atom. The molecule has 142 valence electrons. The number of carbonyl (C=O) groups excluding carboxylic acids is 2. The third-order valence-electron chi connectivity index (χ3n) is 3.37. The maximum Gasteiger partial charge on any atom is 0.273 e. The third-order valence-corrected chi connectivity index (χ3v) is 3.86. The lowest BCUT2D eigenvalue weighted by atomic mass is 10.2. The molecular formula is C18H18BrN3O5. The highest BCUT2D eigenvalue weighted by Crippen LogP contribution is 2.23. The van der Waals surface area contributed by atoms with Crippen molar-refractivity contribution in [3.8, 4) is 5.75 Å². The average molecular weight is 436 g/mol. The highest BCUT2D eigenvalue weighted by molar-refractivity contribution is 9.10. The first-order valence-corrected chi connectivity index (χ1v) is 8.84. The molecule has 2 amide bonds. The van der Waals surface area contributed by atoms with Gasteiger partial charge in [0.25, 0.3) is 17.5 Å². The van der Waals surface area contributed by atoms with Crippen LogP contribution in [-0.2, 0) is 0 Å². The van der Waals surface area contributed by atoms with Gasteiger partial charge in [-0.05, 0) is 30.2 Å². The van der Waals surface area contributed by atoms with Crippen molar-refractivity contribution in [1.82, 2.24) is 10.9 Å². The second-order valence-corrected chi connectivity index (χ2v) is 6.98. The van der Waals surface area contributed by atoms with E-state index in [0.717, 1.165) is 6.07 Å². The number of ether oxygens (including phenoxy) is 1. The van der Waals surface area contributed by atoms with E-state index in [0.29, 0.717) is 16.8 Å². The fourth-order valence-electron chi connectivity index (χ4n) is 2.08. The van der Waals surface area contributed by atoms with Crippen molar-refractivity contribution in [3.05, 3.63) is 68.2 Å². The number of nitro benzene ring substituents is 1. The molecular weight excluding hydrogens is 418 g/mol.